The maximum absolute atomic E-state index is 11.3. The van der Waals surface area contributed by atoms with Crippen molar-refractivity contribution in [3.8, 4) is 0 Å². The zero-order valence-corrected chi connectivity index (χ0v) is 10.7. The highest BCUT2D eigenvalue weighted by Crippen LogP contribution is 2.26. The van der Waals surface area contributed by atoms with Crippen LogP contribution >= 0.6 is 0 Å². The third-order valence-corrected chi connectivity index (χ3v) is 3.70. The topological polar surface area (TPSA) is 75.3 Å². The van der Waals surface area contributed by atoms with Crippen LogP contribution in [0.15, 0.2) is 0 Å². The van der Waals surface area contributed by atoms with Crippen LogP contribution in [0, 0.1) is 5.41 Å². The lowest BCUT2D eigenvalue weighted by Gasteiger charge is -2.34. The van der Waals surface area contributed by atoms with Crippen LogP contribution in [0.2, 0.25) is 0 Å². The van der Waals surface area contributed by atoms with Gasteiger partial charge in [0.1, 0.15) is 5.75 Å². The Bertz CT molecular complexity index is 345. The normalized spacial score (nSPS) is 20.4. The molecule has 0 saturated carbocycles. The van der Waals surface area contributed by atoms with Gasteiger partial charge in [-0.25, -0.2) is 8.42 Å². The van der Waals surface area contributed by atoms with Crippen LogP contribution < -0.4 is 10.6 Å². The fourth-order valence-corrected chi connectivity index (χ4v) is 2.39. The molecule has 6 heteroatoms. The molecule has 16 heavy (non-hydrogen) atoms. The molecule has 0 radical (unpaired) electrons. The first-order valence-corrected chi connectivity index (χ1v) is 7.52. The van der Waals surface area contributed by atoms with Crippen molar-refractivity contribution in [2.24, 2.45) is 5.41 Å². The van der Waals surface area contributed by atoms with Crippen molar-refractivity contribution in [3.05, 3.63) is 0 Å². The number of amides is 1. The predicted molar refractivity (Wildman–Crippen MR) is 62.9 cm³/mol. The summed E-state index contributed by atoms with van der Waals surface area (Å²) in [5.74, 6) is -0.816. The minimum Gasteiger partial charge on any atom is -0.355 e. The lowest BCUT2D eigenvalue weighted by molar-refractivity contribution is -0.119. The molecular weight excluding hydrogens is 228 g/mol. The average Bonchev–Trinajstić information content (AvgIpc) is 2.14. The summed E-state index contributed by atoms with van der Waals surface area (Å²) in [6.45, 7) is 4.59. The van der Waals surface area contributed by atoms with Gasteiger partial charge in [0.05, 0.1) is 0 Å². The standard InChI is InChI=1S/C10H20N2O3S/c1-10(3-5-11-6-4-10)8-12-9(13)7-16(2,14)15/h11H,3-8H2,1-2H3,(H,12,13). The maximum Gasteiger partial charge on any atom is 0.235 e. The lowest BCUT2D eigenvalue weighted by atomic mass is 9.81. The van der Waals surface area contributed by atoms with Gasteiger partial charge >= 0.3 is 0 Å². The molecule has 1 rings (SSSR count). The quantitative estimate of drug-likeness (QED) is 0.706. The fourth-order valence-electron chi connectivity index (χ4n) is 1.81. The van der Waals surface area contributed by atoms with Crippen LogP contribution in [0.4, 0.5) is 0 Å². The van der Waals surface area contributed by atoms with Crippen molar-refractivity contribution in [2.45, 2.75) is 19.8 Å². The first-order chi connectivity index (χ1) is 7.31. The molecule has 0 aromatic heterocycles. The molecule has 0 unspecified atom stereocenters. The molecule has 1 aliphatic rings. The second kappa shape index (κ2) is 5.14. The number of hydrogen-bond acceptors (Lipinski definition) is 4. The lowest BCUT2D eigenvalue weighted by Crippen LogP contribution is -2.44. The fraction of sp³-hybridized carbons (Fsp3) is 0.900. The summed E-state index contributed by atoms with van der Waals surface area (Å²) in [6, 6.07) is 0. The summed E-state index contributed by atoms with van der Waals surface area (Å²) in [5, 5.41) is 5.96. The number of carbonyl (C=O) groups is 1. The molecule has 0 aliphatic carbocycles. The van der Waals surface area contributed by atoms with Gasteiger partial charge in [0.25, 0.3) is 0 Å². The van der Waals surface area contributed by atoms with Gasteiger partial charge in [-0.3, -0.25) is 4.79 Å². The highest BCUT2D eigenvalue weighted by Gasteiger charge is 2.27. The van der Waals surface area contributed by atoms with Crippen LogP contribution in [0.1, 0.15) is 19.8 Å². The molecule has 0 aromatic carbocycles. The first-order valence-electron chi connectivity index (χ1n) is 5.46. The number of carbonyl (C=O) groups excluding carboxylic acids is 1. The molecule has 5 nitrogen and oxygen atoms in total. The van der Waals surface area contributed by atoms with E-state index in [-0.39, 0.29) is 5.41 Å². The SMILES string of the molecule is CC1(CNC(=O)CS(C)(=O)=O)CCNCC1. The molecule has 2 N–H and O–H groups in total. The summed E-state index contributed by atoms with van der Waals surface area (Å²) in [5.41, 5.74) is 0.0956. The van der Waals surface area contributed by atoms with Gasteiger partial charge in [0.15, 0.2) is 9.84 Å². The number of piperidine rings is 1. The van der Waals surface area contributed by atoms with E-state index in [0.717, 1.165) is 32.2 Å². The molecule has 94 valence electrons. The average molecular weight is 248 g/mol. The number of hydrogen-bond donors (Lipinski definition) is 2. The monoisotopic (exact) mass is 248 g/mol. The Balaban J connectivity index is 2.36. The summed E-state index contributed by atoms with van der Waals surface area (Å²) in [4.78, 5) is 11.3. The van der Waals surface area contributed by atoms with Crippen LogP contribution in [-0.4, -0.2) is 46.0 Å². The number of rotatable bonds is 4. The van der Waals surface area contributed by atoms with Gasteiger partial charge in [-0.2, -0.15) is 0 Å². The molecule has 0 aromatic rings. The van der Waals surface area contributed by atoms with Gasteiger partial charge in [-0.05, 0) is 31.3 Å². The zero-order valence-electron chi connectivity index (χ0n) is 9.88. The number of nitrogens with one attached hydrogen (secondary N) is 2. The zero-order chi connectivity index (χ0) is 12.2. The van der Waals surface area contributed by atoms with Crippen LogP contribution in [0.3, 0.4) is 0 Å². The van der Waals surface area contributed by atoms with Gasteiger partial charge in [-0.1, -0.05) is 6.92 Å². The van der Waals surface area contributed by atoms with E-state index >= 15 is 0 Å². The summed E-state index contributed by atoms with van der Waals surface area (Å²) < 4.78 is 21.8. The minimum atomic E-state index is -3.22. The Morgan fingerprint density at radius 1 is 1.38 bits per heavy atom. The van der Waals surface area contributed by atoms with E-state index in [1.54, 1.807) is 0 Å². The Kier molecular flexibility index (Phi) is 4.32. The Morgan fingerprint density at radius 3 is 2.44 bits per heavy atom. The molecule has 0 atom stereocenters. The van der Waals surface area contributed by atoms with Crippen molar-refractivity contribution >= 4 is 15.7 Å². The summed E-state index contributed by atoms with van der Waals surface area (Å²) >= 11 is 0. The van der Waals surface area contributed by atoms with Crippen LogP contribution in [0.25, 0.3) is 0 Å². The summed E-state index contributed by atoms with van der Waals surface area (Å²) in [6.07, 6.45) is 3.08. The molecule has 1 fully saturated rings. The molecular formula is C10H20N2O3S. The van der Waals surface area contributed by atoms with Gasteiger partial charge < -0.3 is 10.6 Å². The predicted octanol–water partition coefficient (Wildman–Crippen LogP) is -0.463. The Morgan fingerprint density at radius 2 is 1.94 bits per heavy atom. The van der Waals surface area contributed by atoms with E-state index in [1.807, 2.05) is 0 Å². The second-order valence-corrected chi connectivity index (χ2v) is 7.05. The summed E-state index contributed by atoms with van der Waals surface area (Å²) in [7, 11) is -3.22. The Labute approximate surface area is 96.9 Å². The first kappa shape index (κ1) is 13.4. The van der Waals surface area contributed by atoms with Crippen molar-refractivity contribution < 1.29 is 13.2 Å². The van der Waals surface area contributed by atoms with Crippen LogP contribution in [0.5, 0.6) is 0 Å². The maximum atomic E-state index is 11.3. The van der Waals surface area contributed by atoms with E-state index in [2.05, 4.69) is 17.6 Å². The van der Waals surface area contributed by atoms with Crippen molar-refractivity contribution in [2.75, 3.05) is 31.6 Å². The second-order valence-electron chi connectivity index (χ2n) is 4.91. The highest BCUT2D eigenvalue weighted by molar-refractivity contribution is 7.91. The van der Waals surface area contributed by atoms with E-state index in [4.69, 9.17) is 0 Å². The van der Waals surface area contributed by atoms with Crippen molar-refractivity contribution in [1.29, 1.82) is 0 Å². The molecule has 1 amide bonds. The van der Waals surface area contributed by atoms with E-state index < -0.39 is 21.5 Å². The number of sulfone groups is 1. The molecule has 0 bridgehead atoms. The molecule has 1 aliphatic heterocycles. The van der Waals surface area contributed by atoms with Gasteiger partial charge in [0.2, 0.25) is 5.91 Å². The van der Waals surface area contributed by atoms with Crippen molar-refractivity contribution in [3.63, 3.8) is 0 Å². The third-order valence-electron chi connectivity index (χ3n) is 2.92. The third kappa shape index (κ3) is 4.94. The van der Waals surface area contributed by atoms with Crippen molar-refractivity contribution in [1.82, 2.24) is 10.6 Å². The van der Waals surface area contributed by atoms with Gasteiger partial charge in [-0.15, -0.1) is 0 Å². The minimum absolute atomic E-state index is 0.0956. The van der Waals surface area contributed by atoms with Crippen LogP contribution in [-0.2, 0) is 14.6 Å². The molecule has 1 heterocycles. The van der Waals surface area contributed by atoms with E-state index in [9.17, 15) is 13.2 Å². The largest absolute Gasteiger partial charge is 0.355 e. The molecule has 1 saturated heterocycles. The smallest absolute Gasteiger partial charge is 0.235 e. The van der Waals surface area contributed by atoms with E-state index in [1.165, 1.54) is 0 Å². The molecule has 0 spiro atoms. The highest BCUT2D eigenvalue weighted by atomic mass is 32.2. The van der Waals surface area contributed by atoms with E-state index in [0.29, 0.717) is 6.54 Å². The Hall–Kier alpha value is -0.620. The van der Waals surface area contributed by atoms with Gasteiger partial charge in [0, 0.05) is 12.8 Å².